The van der Waals surface area contributed by atoms with Gasteiger partial charge in [-0.2, -0.15) is 0 Å². The molecule has 1 aromatic carbocycles. The molecule has 1 amide bonds. The molecule has 17 heavy (non-hydrogen) atoms. The maximum absolute atomic E-state index is 13.3. The van der Waals surface area contributed by atoms with Crippen LogP contribution in [0.4, 0.5) is 4.39 Å². The Morgan fingerprint density at radius 3 is 3.12 bits per heavy atom. The van der Waals surface area contributed by atoms with E-state index in [0.717, 1.165) is 0 Å². The van der Waals surface area contributed by atoms with Crippen molar-refractivity contribution >= 4 is 16.8 Å². The first-order chi connectivity index (χ1) is 8.22. The summed E-state index contributed by atoms with van der Waals surface area (Å²) in [6, 6.07) is 6.26. The van der Waals surface area contributed by atoms with Crippen molar-refractivity contribution in [3.8, 4) is 0 Å². The van der Waals surface area contributed by atoms with Gasteiger partial charge in [-0.05, 0) is 12.1 Å². The van der Waals surface area contributed by atoms with Crippen LogP contribution in [0.1, 0.15) is 10.4 Å². The van der Waals surface area contributed by atoms with Gasteiger partial charge in [0.1, 0.15) is 11.3 Å². The quantitative estimate of drug-likeness (QED) is 0.822. The van der Waals surface area contributed by atoms with Gasteiger partial charge in [0.15, 0.2) is 0 Å². The number of para-hydroxylation sites is 1. The van der Waals surface area contributed by atoms with Crippen molar-refractivity contribution < 1.29 is 9.18 Å². The van der Waals surface area contributed by atoms with Gasteiger partial charge in [-0.3, -0.25) is 9.78 Å². The Labute approximate surface area is 98.0 Å². The van der Waals surface area contributed by atoms with E-state index in [1.54, 1.807) is 24.3 Å². The van der Waals surface area contributed by atoms with Crippen LogP contribution < -0.4 is 5.32 Å². The molecule has 0 unspecified atom stereocenters. The van der Waals surface area contributed by atoms with Crippen molar-refractivity contribution in [1.29, 1.82) is 0 Å². The number of hydrogen-bond acceptors (Lipinski definition) is 2. The van der Waals surface area contributed by atoms with E-state index < -0.39 is 0 Å². The van der Waals surface area contributed by atoms with Gasteiger partial charge < -0.3 is 5.32 Å². The van der Waals surface area contributed by atoms with Crippen LogP contribution in [-0.2, 0) is 0 Å². The molecule has 1 aromatic heterocycles. The van der Waals surface area contributed by atoms with E-state index in [1.165, 1.54) is 12.3 Å². The Hall–Kier alpha value is -2.23. The van der Waals surface area contributed by atoms with Gasteiger partial charge >= 0.3 is 0 Å². The summed E-state index contributed by atoms with van der Waals surface area (Å²) in [7, 11) is 0. The molecule has 2 aromatic rings. The Balaban J connectivity index is 2.38. The molecule has 0 saturated carbocycles. The number of carbonyl (C=O) groups is 1. The molecule has 3 nitrogen and oxygen atoms in total. The topological polar surface area (TPSA) is 42.0 Å². The van der Waals surface area contributed by atoms with Gasteiger partial charge in [0.05, 0.1) is 5.56 Å². The summed E-state index contributed by atoms with van der Waals surface area (Å²) >= 11 is 0. The molecule has 86 valence electrons. The smallest absolute Gasteiger partial charge is 0.253 e. The number of aromatic nitrogens is 1. The summed E-state index contributed by atoms with van der Waals surface area (Å²) in [6.07, 6.45) is 2.95. The van der Waals surface area contributed by atoms with Crippen LogP contribution in [-0.4, -0.2) is 17.4 Å². The van der Waals surface area contributed by atoms with Crippen LogP contribution in [0.5, 0.6) is 0 Å². The highest BCUT2D eigenvalue weighted by molar-refractivity contribution is 5.97. The molecule has 0 saturated heterocycles. The highest BCUT2D eigenvalue weighted by atomic mass is 19.1. The normalized spacial score (nSPS) is 10.2. The van der Waals surface area contributed by atoms with E-state index in [1.807, 2.05) is 0 Å². The van der Waals surface area contributed by atoms with Crippen molar-refractivity contribution in [1.82, 2.24) is 10.3 Å². The molecule has 1 N–H and O–H groups in total. The average molecular weight is 230 g/mol. The van der Waals surface area contributed by atoms with E-state index in [4.69, 9.17) is 0 Å². The van der Waals surface area contributed by atoms with Crippen LogP contribution >= 0.6 is 0 Å². The first-order valence-corrected chi connectivity index (χ1v) is 5.16. The molecule has 2 rings (SSSR count). The van der Waals surface area contributed by atoms with E-state index >= 15 is 0 Å². The molecule has 0 fully saturated rings. The molecule has 0 spiro atoms. The Morgan fingerprint density at radius 1 is 1.53 bits per heavy atom. The SMILES string of the molecule is C=CCNC(=O)c1cnc2c(F)cccc2c1. The fourth-order valence-electron chi connectivity index (χ4n) is 1.51. The predicted octanol–water partition coefficient (Wildman–Crippen LogP) is 2.29. The lowest BCUT2D eigenvalue weighted by molar-refractivity contribution is 0.0958. The average Bonchev–Trinajstić information content (AvgIpc) is 2.36. The molecule has 0 aliphatic rings. The highest BCUT2D eigenvalue weighted by Gasteiger charge is 2.07. The number of hydrogen-bond donors (Lipinski definition) is 1. The Morgan fingerprint density at radius 2 is 2.35 bits per heavy atom. The zero-order valence-electron chi connectivity index (χ0n) is 9.11. The first kappa shape index (κ1) is 11.3. The number of carbonyl (C=O) groups excluding carboxylic acids is 1. The number of nitrogens with one attached hydrogen (secondary N) is 1. The minimum absolute atomic E-state index is 0.247. The third-order valence-corrected chi connectivity index (χ3v) is 2.33. The fourth-order valence-corrected chi connectivity index (χ4v) is 1.51. The molecule has 4 heteroatoms. The number of halogens is 1. The van der Waals surface area contributed by atoms with E-state index in [2.05, 4.69) is 16.9 Å². The second-order valence-corrected chi connectivity index (χ2v) is 3.53. The molecule has 0 radical (unpaired) electrons. The molecule has 0 aliphatic carbocycles. The van der Waals surface area contributed by atoms with Crippen molar-refractivity contribution in [3.63, 3.8) is 0 Å². The van der Waals surface area contributed by atoms with Gasteiger partial charge in [-0.15, -0.1) is 6.58 Å². The second-order valence-electron chi connectivity index (χ2n) is 3.53. The summed E-state index contributed by atoms with van der Waals surface area (Å²) in [5, 5.41) is 3.24. The molecular weight excluding hydrogens is 219 g/mol. The van der Waals surface area contributed by atoms with Crippen molar-refractivity contribution in [2.75, 3.05) is 6.54 Å². The summed E-state index contributed by atoms with van der Waals surface area (Å²) in [5.41, 5.74) is 0.678. The third kappa shape index (κ3) is 2.30. The van der Waals surface area contributed by atoms with Crippen LogP contribution in [0, 0.1) is 5.82 Å². The Kier molecular flexibility index (Phi) is 3.14. The van der Waals surface area contributed by atoms with E-state index in [-0.39, 0.29) is 17.2 Å². The van der Waals surface area contributed by atoms with Crippen LogP contribution in [0.3, 0.4) is 0 Å². The van der Waals surface area contributed by atoms with Crippen LogP contribution in [0.15, 0.2) is 43.1 Å². The molecule has 0 aliphatic heterocycles. The molecule has 0 atom stereocenters. The molecular formula is C13H11FN2O. The van der Waals surface area contributed by atoms with Crippen LogP contribution in [0.2, 0.25) is 0 Å². The van der Waals surface area contributed by atoms with Gasteiger partial charge in [0.25, 0.3) is 5.91 Å². The summed E-state index contributed by atoms with van der Waals surface area (Å²) < 4.78 is 13.3. The highest BCUT2D eigenvalue weighted by Crippen LogP contribution is 2.16. The summed E-state index contributed by atoms with van der Waals surface area (Å²) in [6.45, 7) is 3.90. The predicted molar refractivity (Wildman–Crippen MR) is 64.2 cm³/mol. The molecule has 1 heterocycles. The lowest BCUT2D eigenvalue weighted by Crippen LogP contribution is -2.23. The number of nitrogens with zero attached hydrogens (tertiary/aromatic N) is 1. The summed E-state index contributed by atoms with van der Waals surface area (Å²) in [4.78, 5) is 15.6. The third-order valence-electron chi connectivity index (χ3n) is 2.33. The largest absolute Gasteiger partial charge is 0.349 e. The fraction of sp³-hybridized carbons (Fsp3) is 0.0769. The van der Waals surface area contributed by atoms with E-state index in [0.29, 0.717) is 17.5 Å². The van der Waals surface area contributed by atoms with Crippen molar-refractivity contribution in [2.45, 2.75) is 0 Å². The Bertz CT molecular complexity index is 581. The first-order valence-electron chi connectivity index (χ1n) is 5.16. The maximum atomic E-state index is 13.3. The number of amides is 1. The van der Waals surface area contributed by atoms with Gasteiger partial charge in [-0.1, -0.05) is 18.2 Å². The van der Waals surface area contributed by atoms with Crippen LogP contribution in [0.25, 0.3) is 10.9 Å². The zero-order valence-corrected chi connectivity index (χ0v) is 9.11. The minimum Gasteiger partial charge on any atom is -0.349 e. The van der Waals surface area contributed by atoms with Gasteiger partial charge in [0, 0.05) is 18.1 Å². The summed E-state index contributed by atoms with van der Waals surface area (Å²) in [5.74, 6) is -0.635. The van der Waals surface area contributed by atoms with Crippen molar-refractivity contribution in [3.05, 3.63) is 54.5 Å². The zero-order chi connectivity index (χ0) is 12.3. The number of benzene rings is 1. The molecule has 0 bridgehead atoms. The number of rotatable bonds is 3. The van der Waals surface area contributed by atoms with Gasteiger partial charge in [0.2, 0.25) is 0 Å². The standard InChI is InChI=1S/C13H11FN2O/c1-2-6-15-13(17)10-7-9-4-3-5-11(14)12(9)16-8-10/h2-5,7-8H,1,6H2,(H,15,17). The number of fused-ring (bicyclic) bond motifs is 1. The second kappa shape index (κ2) is 4.74. The van der Waals surface area contributed by atoms with Crippen molar-refractivity contribution in [2.24, 2.45) is 0 Å². The maximum Gasteiger partial charge on any atom is 0.253 e. The minimum atomic E-state index is -0.388. The monoisotopic (exact) mass is 230 g/mol. The lowest BCUT2D eigenvalue weighted by atomic mass is 10.1. The lowest BCUT2D eigenvalue weighted by Gasteiger charge is -2.04. The number of pyridine rings is 1. The van der Waals surface area contributed by atoms with Gasteiger partial charge in [-0.25, -0.2) is 4.39 Å². The van der Waals surface area contributed by atoms with E-state index in [9.17, 15) is 9.18 Å².